The number of hydrogen-bond donors (Lipinski definition) is 1. The molecule has 0 bridgehead atoms. The number of hydrogen-bond acceptors (Lipinski definition) is 1. The van der Waals surface area contributed by atoms with Crippen LogP contribution in [0.4, 0.5) is 4.39 Å². The van der Waals surface area contributed by atoms with Crippen LogP contribution in [0, 0.1) is 11.7 Å². The van der Waals surface area contributed by atoms with Crippen molar-refractivity contribution in [2.24, 2.45) is 5.92 Å². The molecule has 0 aromatic heterocycles. The highest BCUT2D eigenvalue weighted by atomic mass is 35.5. The fraction of sp³-hybridized carbons (Fsp3) is 0.571. The van der Waals surface area contributed by atoms with E-state index in [0.29, 0.717) is 12.0 Å². The summed E-state index contributed by atoms with van der Waals surface area (Å²) in [5.41, 5.74) is 0.999. The Morgan fingerprint density at radius 3 is 2.59 bits per heavy atom. The first kappa shape index (κ1) is 14.5. The van der Waals surface area contributed by atoms with Crippen molar-refractivity contribution in [1.82, 2.24) is 5.32 Å². The van der Waals surface area contributed by atoms with Crippen LogP contribution in [0.25, 0.3) is 0 Å². The molecule has 0 fully saturated rings. The minimum Gasteiger partial charge on any atom is -0.314 e. The second-order valence-corrected chi connectivity index (χ2v) is 5.24. The topological polar surface area (TPSA) is 12.0 Å². The third kappa shape index (κ3) is 5.05. The highest BCUT2D eigenvalue weighted by Crippen LogP contribution is 2.18. The molecule has 0 amide bonds. The Hall–Kier alpha value is -0.600. The Bertz CT molecular complexity index is 352. The molecule has 1 rings (SSSR count). The second-order valence-electron chi connectivity index (χ2n) is 4.84. The van der Waals surface area contributed by atoms with E-state index in [-0.39, 0.29) is 10.8 Å². The molecule has 0 spiro atoms. The number of nitrogens with one attached hydrogen (secondary N) is 1. The highest BCUT2D eigenvalue weighted by Gasteiger charge is 2.11. The first-order valence-electron chi connectivity index (χ1n) is 6.20. The van der Waals surface area contributed by atoms with Crippen molar-refractivity contribution in [2.75, 3.05) is 6.54 Å². The molecule has 3 heteroatoms. The minimum absolute atomic E-state index is 0.192. The van der Waals surface area contributed by atoms with Crippen molar-refractivity contribution < 1.29 is 4.39 Å². The lowest BCUT2D eigenvalue weighted by molar-refractivity contribution is 0.423. The van der Waals surface area contributed by atoms with Crippen molar-refractivity contribution in [2.45, 2.75) is 39.7 Å². The van der Waals surface area contributed by atoms with Gasteiger partial charge in [0.15, 0.2) is 0 Å². The first-order chi connectivity index (χ1) is 8.02. The predicted octanol–water partition coefficient (Wildman–Crippen LogP) is 4.05. The normalized spacial score (nSPS) is 13.1. The van der Waals surface area contributed by atoms with E-state index in [1.54, 1.807) is 6.07 Å². The highest BCUT2D eigenvalue weighted by molar-refractivity contribution is 6.30. The van der Waals surface area contributed by atoms with Gasteiger partial charge in [-0.25, -0.2) is 4.39 Å². The third-order valence-electron chi connectivity index (χ3n) is 2.71. The lowest BCUT2D eigenvalue weighted by Gasteiger charge is -2.20. The van der Waals surface area contributed by atoms with Crippen LogP contribution >= 0.6 is 11.6 Å². The van der Waals surface area contributed by atoms with Gasteiger partial charge in [-0.15, -0.1) is 0 Å². The Morgan fingerprint density at radius 2 is 2.06 bits per heavy atom. The summed E-state index contributed by atoms with van der Waals surface area (Å²) in [5, 5.41) is 3.63. The van der Waals surface area contributed by atoms with Crippen LogP contribution in [0.3, 0.4) is 0 Å². The lowest BCUT2D eigenvalue weighted by atomic mass is 9.97. The van der Waals surface area contributed by atoms with Crippen molar-refractivity contribution >= 4 is 11.6 Å². The van der Waals surface area contributed by atoms with Crippen molar-refractivity contribution in [1.29, 1.82) is 0 Å². The minimum atomic E-state index is -0.330. The number of likely N-dealkylation sites (N-methyl/N-ethyl adjacent to an activating group) is 1. The van der Waals surface area contributed by atoms with Crippen LogP contribution in [-0.4, -0.2) is 12.6 Å². The van der Waals surface area contributed by atoms with Crippen molar-refractivity contribution in [3.8, 4) is 0 Å². The maximum Gasteiger partial charge on any atom is 0.142 e. The molecular weight excluding hydrogens is 237 g/mol. The molecule has 1 aromatic carbocycles. The molecule has 0 aliphatic carbocycles. The molecule has 1 N–H and O–H groups in total. The summed E-state index contributed by atoms with van der Waals surface area (Å²) in [6, 6.07) is 5.47. The first-order valence-corrected chi connectivity index (χ1v) is 6.58. The van der Waals surface area contributed by atoms with Gasteiger partial charge in [-0.2, -0.15) is 0 Å². The van der Waals surface area contributed by atoms with E-state index < -0.39 is 0 Å². The molecule has 0 aliphatic rings. The maximum atomic E-state index is 13.3. The standard InChI is InChI=1S/C14H21ClFN/c1-4-17-12(7-10(2)3)8-11-5-6-13(15)14(16)9-11/h5-6,9-10,12,17H,4,7-8H2,1-3H3. The number of halogens is 2. The van der Waals surface area contributed by atoms with E-state index in [0.717, 1.165) is 24.9 Å². The zero-order chi connectivity index (χ0) is 12.8. The maximum absolute atomic E-state index is 13.3. The van der Waals surface area contributed by atoms with Gasteiger partial charge in [0.05, 0.1) is 5.02 Å². The van der Waals surface area contributed by atoms with E-state index >= 15 is 0 Å². The molecule has 0 saturated carbocycles. The van der Waals surface area contributed by atoms with Gasteiger partial charge in [-0.05, 0) is 43.0 Å². The molecule has 0 aliphatic heterocycles. The summed E-state index contributed by atoms with van der Waals surface area (Å²) in [7, 11) is 0. The van der Waals surface area contributed by atoms with Crippen molar-refractivity contribution in [3.05, 3.63) is 34.6 Å². The van der Waals surface area contributed by atoms with Crippen LogP contribution in [0.1, 0.15) is 32.8 Å². The fourth-order valence-corrected chi connectivity index (χ4v) is 2.17. The fourth-order valence-electron chi connectivity index (χ4n) is 2.05. The Kier molecular flexibility index (Phi) is 5.93. The molecular formula is C14H21ClFN. The van der Waals surface area contributed by atoms with Crippen LogP contribution in [0.5, 0.6) is 0 Å². The number of rotatable bonds is 6. The molecule has 17 heavy (non-hydrogen) atoms. The molecule has 1 atom stereocenters. The second kappa shape index (κ2) is 6.97. The summed E-state index contributed by atoms with van der Waals surface area (Å²) in [5.74, 6) is 0.306. The Labute approximate surface area is 108 Å². The quantitative estimate of drug-likeness (QED) is 0.811. The van der Waals surface area contributed by atoms with Crippen LogP contribution in [0.15, 0.2) is 18.2 Å². The van der Waals surface area contributed by atoms with Gasteiger partial charge in [-0.1, -0.05) is 38.4 Å². The zero-order valence-corrected chi connectivity index (χ0v) is 11.5. The van der Waals surface area contributed by atoms with Gasteiger partial charge in [-0.3, -0.25) is 0 Å². The summed E-state index contributed by atoms with van der Waals surface area (Å²) in [4.78, 5) is 0. The van der Waals surface area contributed by atoms with Crippen molar-refractivity contribution in [3.63, 3.8) is 0 Å². The van der Waals surface area contributed by atoms with Gasteiger partial charge in [0.1, 0.15) is 5.82 Å². The predicted molar refractivity (Wildman–Crippen MR) is 72.0 cm³/mol. The van der Waals surface area contributed by atoms with E-state index in [1.165, 1.54) is 6.07 Å². The average molecular weight is 258 g/mol. The molecule has 0 radical (unpaired) electrons. The Morgan fingerprint density at radius 1 is 1.35 bits per heavy atom. The number of benzene rings is 1. The van der Waals surface area contributed by atoms with Crippen LogP contribution < -0.4 is 5.32 Å². The smallest absolute Gasteiger partial charge is 0.142 e. The lowest BCUT2D eigenvalue weighted by Crippen LogP contribution is -2.32. The van der Waals surface area contributed by atoms with Gasteiger partial charge >= 0.3 is 0 Å². The molecule has 1 nitrogen and oxygen atoms in total. The van der Waals surface area contributed by atoms with E-state index in [4.69, 9.17) is 11.6 Å². The molecule has 0 saturated heterocycles. The summed E-state index contributed by atoms with van der Waals surface area (Å²) >= 11 is 5.67. The summed E-state index contributed by atoms with van der Waals surface area (Å²) < 4.78 is 13.3. The van der Waals surface area contributed by atoms with E-state index in [2.05, 4.69) is 26.1 Å². The molecule has 1 unspecified atom stereocenters. The van der Waals surface area contributed by atoms with Crippen LogP contribution in [0.2, 0.25) is 5.02 Å². The van der Waals surface area contributed by atoms with Gasteiger partial charge in [0.25, 0.3) is 0 Å². The summed E-state index contributed by atoms with van der Waals surface area (Å²) in [6.07, 6.45) is 1.94. The van der Waals surface area contributed by atoms with Gasteiger partial charge in [0.2, 0.25) is 0 Å². The monoisotopic (exact) mass is 257 g/mol. The van der Waals surface area contributed by atoms with Crippen LogP contribution in [-0.2, 0) is 6.42 Å². The van der Waals surface area contributed by atoms with E-state index in [9.17, 15) is 4.39 Å². The SMILES string of the molecule is CCNC(Cc1ccc(Cl)c(F)c1)CC(C)C. The molecule has 96 valence electrons. The van der Waals surface area contributed by atoms with Gasteiger partial charge < -0.3 is 5.32 Å². The average Bonchev–Trinajstić information content (AvgIpc) is 2.23. The third-order valence-corrected chi connectivity index (χ3v) is 3.02. The Balaban J connectivity index is 2.67. The van der Waals surface area contributed by atoms with Gasteiger partial charge in [0, 0.05) is 6.04 Å². The molecule has 0 heterocycles. The summed E-state index contributed by atoms with van der Waals surface area (Å²) in [6.45, 7) is 7.43. The molecule has 1 aromatic rings. The van der Waals surface area contributed by atoms with E-state index in [1.807, 2.05) is 6.07 Å². The zero-order valence-electron chi connectivity index (χ0n) is 10.8. The largest absolute Gasteiger partial charge is 0.314 e.